The van der Waals surface area contributed by atoms with Gasteiger partial charge in [0.1, 0.15) is 18.2 Å². The van der Waals surface area contributed by atoms with Gasteiger partial charge in [0.2, 0.25) is 0 Å². The molecule has 0 unspecified atom stereocenters. The van der Waals surface area contributed by atoms with Crippen LogP contribution in [0.4, 0.5) is 4.39 Å². The Morgan fingerprint density at radius 1 is 1.39 bits per heavy atom. The predicted molar refractivity (Wildman–Crippen MR) is 70.7 cm³/mol. The molecule has 2 rings (SSSR count). The Kier molecular flexibility index (Phi) is 4.22. The van der Waals surface area contributed by atoms with Gasteiger partial charge in [-0.2, -0.15) is 0 Å². The van der Waals surface area contributed by atoms with Crippen molar-refractivity contribution in [2.75, 3.05) is 0 Å². The zero-order chi connectivity index (χ0) is 13.1. The summed E-state index contributed by atoms with van der Waals surface area (Å²) in [5.74, 6) is 0.0911. The van der Waals surface area contributed by atoms with Crippen LogP contribution in [0, 0.1) is 5.82 Å². The van der Waals surface area contributed by atoms with Crippen LogP contribution in [0.5, 0.6) is 5.75 Å². The van der Waals surface area contributed by atoms with E-state index >= 15 is 0 Å². The number of hydrogen-bond acceptors (Lipinski definition) is 3. The Morgan fingerprint density at radius 3 is 2.78 bits per heavy atom. The van der Waals surface area contributed by atoms with Crippen molar-refractivity contribution in [2.45, 2.75) is 19.6 Å². The molecule has 0 radical (unpaired) electrons. The standard InChI is InChI=1S/C13H12ClFO2S/c1-8(16)11-6-9(15)2-4-12(11)17-7-10-3-5-13(14)18-10/h2-6,8,16H,7H2,1H3/t8-/m1/s1. The van der Waals surface area contributed by atoms with Crippen LogP contribution in [0.25, 0.3) is 0 Å². The van der Waals surface area contributed by atoms with Crippen LogP contribution in [0.2, 0.25) is 4.34 Å². The minimum atomic E-state index is -0.775. The van der Waals surface area contributed by atoms with Crippen LogP contribution in [0.3, 0.4) is 0 Å². The van der Waals surface area contributed by atoms with E-state index in [0.717, 1.165) is 4.88 Å². The van der Waals surface area contributed by atoms with E-state index in [9.17, 15) is 9.50 Å². The van der Waals surface area contributed by atoms with Crippen molar-refractivity contribution in [1.29, 1.82) is 0 Å². The van der Waals surface area contributed by atoms with Crippen LogP contribution < -0.4 is 4.74 Å². The second-order valence-electron chi connectivity index (χ2n) is 3.85. The first-order chi connectivity index (χ1) is 8.56. The van der Waals surface area contributed by atoms with Gasteiger partial charge < -0.3 is 9.84 Å². The number of benzene rings is 1. The fraction of sp³-hybridized carbons (Fsp3) is 0.231. The lowest BCUT2D eigenvalue weighted by Crippen LogP contribution is -2.00. The summed E-state index contributed by atoms with van der Waals surface area (Å²) in [5.41, 5.74) is 0.442. The molecule has 0 aliphatic heterocycles. The highest BCUT2D eigenvalue weighted by atomic mass is 35.5. The number of rotatable bonds is 4. The first-order valence-electron chi connectivity index (χ1n) is 5.41. The summed E-state index contributed by atoms with van der Waals surface area (Å²) in [6.07, 6.45) is -0.775. The number of ether oxygens (including phenoxy) is 1. The summed E-state index contributed by atoms with van der Waals surface area (Å²) in [6.45, 7) is 1.92. The zero-order valence-electron chi connectivity index (χ0n) is 9.69. The van der Waals surface area contributed by atoms with Gasteiger partial charge in [-0.15, -0.1) is 11.3 Å². The third-order valence-electron chi connectivity index (χ3n) is 2.42. The minimum absolute atomic E-state index is 0.350. The number of hydrogen-bond donors (Lipinski definition) is 1. The third kappa shape index (κ3) is 3.22. The molecule has 1 aromatic heterocycles. The molecule has 1 aromatic carbocycles. The predicted octanol–water partition coefficient (Wildman–Crippen LogP) is 4.17. The third-order valence-corrected chi connectivity index (χ3v) is 3.63. The van der Waals surface area contributed by atoms with E-state index in [0.29, 0.717) is 22.3 Å². The van der Waals surface area contributed by atoms with Crippen LogP contribution >= 0.6 is 22.9 Å². The maximum atomic E-state index is 13.1. The van der Waals surface area contributed by atoms with E-state index in [1.807, 2.05) is 6.07 Å². The maximum absolute atomic E-state index is 13.1. The van der Waals surface area contributed by atoms with Crippen molar-refractivity contribution in [3.05, 3.63) is 50.9 Å². The van der Waals surface area contributed by atoms with Gasteiger partial charge in [0.05, 0.1) is 10.4 Å². The summed E-state index contributed by atoms with van der Waals surface area (Å²) in [6, 6.07) is 7.78. The molecule has 0 fully saturated rings. The molecule has 2 aromatic rings. The molecule has 1 N–H and O–H groups in total. The molecule has 2 nitrogen and oxygen atoms in total. The maximum Gasteiger partial charge on any atom is 0.125 e. The van der Waals surface area contributed by atoms with E-state index < -0.39 is 11.9 Å². The molecule has 5 heteroatoms. The molecule has 0 bridgehead atoms. The van der Waals surface area contributed by atoms with Gasteiger partial charge in [-0.3, -0.25) is 0 Å². The summed E-state index contributed by atoms with van der Waals surface area (Å²) in [7, 11) is 0. The number of aliphatic hydroxyl groups excluding tert-OH is 1. The smallest absolute Gasteiger partial charge is 0.125 e. The molecule has 0 aliphatic carbocycles. The van der Waals surface area contributed by atoms with E-state index in [4.69, 9.17) is 16.3 Å². The van der Waals surface area contributed by atoms with Gasteiger partial charge in [0.15, 0.2) is 0 Å². The van der Waals surface area contributed by atoms with Crippen molar-refractivity contribution in [1.82, 2.24) is 0 Å². The second kappa shape index (κ2) is 5.69. The summed E-state index contributed by atoms with van der Waals surface area (Å²) < 4.78 is 19.4. The fourth-order valence-electron chi connectivity index (χ4n) is 1.56. The lowest BCUT2D eigenvalue weighted by molar-refractivity contribution is 0.189. The summed E-state index contributed by atoms with van der Waals surface area (Å²) in [5, 5.41) is 9.57. The fourth-order valence-corrected chi connectivity index (χ4v) is 2.56. The molecule has 0 saturated heterocycles. The Bertz CT molecular complexity index is 540. The van der Waals surface area contributed by atoms with Crippen molar-refractivity contribution in [3.8, 4) is 5.75 Å². The van der Waals surface area contributed by atoms with Gasteiger partial charge in [-0.05, 0) is 37.3 Å². The first kappa shape index (κ1) is 13.3. The summed E-state index contributed by atoms with van der Waals surface area (Å²) in [4.78, 5) is 0.973. The van der Waals surface area contributed by atoms with E-state index in [1.165, 1.54) is 29.5 Å². The lowest BCUT2D eigenvalue weighted by atomic mass is 10.1. The molecule has 1 heterocycles. The van der Waals surface area contributed by atoms with Gasteiger partial charge in [-0.25, -0.2) is 4.39 Å². The highest BCUT2D eigenvalue weighted by Gasteiger charge is 2.11. The van der Waals surface area contributed by atoms with Gasteiger partial charge in [-0.1, -0.05) is 11.6 Å². The van der Waals surface area contributed by atoms with E-state index in [-0.39, 0.29) is 0 Å². The second-order valence-corrected chi connectivity index (χ2v) is 5.65. The number of thiophene rings is 1. The lowest BCUT2D eigenvalue weighted by Gasteiger charge is -2.12. The molecule has 1 atom stereocenters. The van der Waals surface area contributed by atoms with Crippen LogP contribution in [0.15, 0.2) is 30.3 Å². The Balaban J connectivity index is 2.13. The minimum Gasteiger partial charge on any atom is -0.488 e. The summed E-state index contributed by atoms with van der Waals surface area (Å²) >= 11 is 7.25. The van der Waals surface area contributed by atoms with E-state index in [1.54, 1.807) is 13.0 Å². The average molecular weight is 287 g/mol. The molecule has 0 aliphatic rings. The van der Waals surface area contributed by atoms with E-state index in [2.05, 4.69) is 0 Å². The molecule has 0 spiro atoms. The van der Waals surface area contributed by atoms with Crippen LogP contribution in [0.1, 0.15) is 23.5 Å². The van der Waals surface area contributed by atoms with Gasteiger partial charge in [0.25, 0.3) is 0 Å². The molecular formula is C13H12ClFO2S. The topological polar surface area (TPSA) is 29.5 Å². The normalized spacial score (nSPS) is 12.4. The Labute approximate surface area is 114 Å². The van der Waals surface area contributed by atoms with Crippen LogP contribution in [-0.2, 0) is 6.61 Å². The van der Waals surface area contributed by atoms with Crippen molar-refractivity contribution < 1.29 is 14.2 Å². The van der Waals surface area contributed by atoms with Crippen molar-refractivity contribution in [3.63, 3.8) is 0 Å². The monoisotopic (exact) mass is 286 g/mol. The number of aliphatic hydroxyl groups is 1. The zero-order valence-corrected chi connectivity index (χ0v) is 11.3. The number of halogens is 2. The highest BCUT2D eigenvalue weighted by molar-refractivity contribution is 7.16. The average Bonchev–Trinajstić information content (AvgIpc) is 2.73. The highest BCUT2D eigenvalue weighted by Crippen LogP contribution is 2.28. The molecule has 0 saturated carbocycles. The molecule has 18 heavy (non-hydrogen) atoms. The Hall–Kier alpha value is -1.10. The van der Waals surface area contributed by atoms with Gasteiger partial charge in [0, 0.05) is 10.4 Å². The molecule has 0 amide bonds. The Morgan fingerprint density at radius 2 is 2.17 bits per heavy atom. The van der Waals surface area contributed by atoms with Crippen LogP contribution in [-0.4, -0.2) is 5.11 Å². The largest absolute Gasteiger partial charge is 0.488 e. The van der Waals surface area contributed by atoms with Crippen molar-refractivity contribution in [2.24, 2.45) is 0 Å². The SMILES string of the molecule is C[C@@H](O)c1cc(F)ccc1OCc1ccc(Cl)s1. The first-order valence-corrected chi connectivity index (χ1v) is 6.60. The van der Waals surface area contributed by atoms with Crippen molar-refractivity contribution >= 4 is 22.9 Å². The molecule has 96 valence electrons. The quantitative estimate of drug-likeness (QED) is 0.914. The molecular weight excluding hydrogens is 275 g/mol. The van der Waals surface area contributed by atoms with Gasteiger partial charge >= 0.3 is 0 Å².